The summed E-state index contributed by atoms with van der Waals surface area (Å²) >= 11 is 0. The van der Waals surface area contributed by atoms with Gasteiger partial charge in [0.05, 0.1) is 5.69 Å². The third kappa shape index (κ3) is 4.39. The Morgan fingerprint density at radius 1 is 0.759 bits per heavy atom. The van der Waals surface area contributed by atoms with E-state index in [-0.39, 0.29) is 15.9 Å². The van der Waals surface area contributed by atoms with Gasteiger partial charge in [0.25, 0.3) is 0 Å². The van der Waals surface area contributed by atoms with Gasteiger partial charge in [-0.3, -0.25) is 4.57 Å². The summed E-state index contributed by atoms with van der Waals surface area (Å²) in [5.74, 6) is 0.991. The molecule has 3 rings (SSSR count). The lowest BCUT2D eigenvalue weighted by molar-refractivity contribution is 0.697. The first kappa shape index (κ1) is 21.6. The average Bonchev–Trinajstić information content (AvgIpc) is 3.08. The fraction of sp³-hybridized carbons (Fsp3) is 0.375. The van der Waals surface area contributed by atoms with E-state index in [1.165, 1.54) is 22.4 Å². The van der Waals surface area contributed by atoms with Gasteiger partial charge in [-0.1, -0.05) is 84.0 Å². The summed E-state index contributed by atoms with van der Waals surface area (Å²) in [6, 6.07) is 15.3. The molecule has 0 saturated heterocycles. The molecule has 5 heteroatoms. The third-order valence-corrected chi connectivity index (χ3v) is 5.51. The molecule has 29 heavy (non-hydrogen) atoms. The number of hydrogen-bond donors (Lipinski definition) is 0. The van der Waals surface area contributed by atoms with Crippen LogP contribution in [0.3, 0.4) is 0 Å². The fourth-order valence-electron chi connectivity index (χ4n) is 3.76. The van der Waals surface area contributed by atoms with Crippen molar-refractivity contribution < 1.29 is 0 Å². The van der Waals surface area contributed by atoms with E-state index in [1.54, 1.807) is 0 Å². The molecule has 0 atom stereocenters. The highest BCUT2D eigenvalue weighted by atomic mass is 15.1. The average molecular weight is 382 g/mol. The zero-order chi connectivity index (χ0) is 21.6. The minimum atomic E-state index is 0.00875. The van der Waals surface area contributed by atoms with Gasteiger partial charge >= 0.3 is 0 Å². The molecular formula is C24H33B3N2. The molecule has 0 aliphatic rings. The van der Waals surface area contributed by atoms with Crippen molar-refractivity contribution in [2.75, 3.05) is 0 Å². The van der Waals surface area contributed by atoms with E-state index >= 15 is 0 Å². The molecule has 0 saturated carbocycles. The molecule has 0 aliphatic carbocycles. The highest BCUT2D eigenvalue weighted by Crippen LogP contribution is 2.39. The zero-order valence-electron chi connectivity index (χ0n) is 19.6. The molecule has 2 aromatic carbocycles. The van der Waals surface area contributed by atoms with Crippen LogP contribution in [0.2, 0.25) is 0 Å². The normalized spacial score (nSPS) is 12.9. The van der Waals surface area contributed by atoms with Crippen LogP contribution in [0.1, 0.15) is 58.2 Å². The van der Waals surface area contributed by atoms with E-state index in [9.17, 15) is 0 Å². The monoisotopic (exact) mass is 382 g/mol. The predicted molar refractivity (Wildman–Crippen MR) is 134 cm³/mol. The molecule has 2 nitrogen and oxygen atoms in total. The first-order valence-corrected chi connectivity index (χ1v) is 10.6. The molecule has 0 spiro atoms. The largest absolute Gasteiger partial charge is 0.299 e. The van der Waals surface area contributed by atoms with Crippen molar-refractivity contribution in [2.24, 2.45) is 0 Å². The molecule has 3 aromatic rings. The van der Waals surface area contributed by atoms with Crippen LogP contribution in [0.15, 0.2) is 54.9 Å². The van der Waals surface area contributed by atoms with Crippen molar-refractivity contribution >= 4 is 23.5 Å². The van der Waals surface area contributed by atoms with E-state index in [2.05, 4.69) is 118 Å². The lowest BCUT2D eigenvalue weighted by Gasteiger charge is -2.34. The van der Waals surface area contributed by atoms with Crippen molar-refractivity contribution in [3.8, 4) is 17.1 Å². The Kier molecular flexibility index (Phi) is 5.40. The van der Waals surface area contributed by atoms with Crippen molar-refractivity contribution in [3.05, 3.63) is 71.5 Å². The van der Waals surface area contributed by atoms with Gasteiger partial charge in [-0.2, -0.15) is 0 Å². The van der Waals surface area contributed by atoms with Gasteiger partial charge in [-0.25, -0.2) is 4.98 Å². The molecule has 0 amide bonds. The van der Waals surface area contributed by atoms with Crippen LogP contribution >= 0.6 is 0 Å². The van der Waals surface area contributed by atoms with Crippen molar-refractivity contribution in [1.29, 1.82) is 0 Å². The Labute approximate surface area is 179 Å². The summed E-state index contributed by atoms with van der Waals surface area (Å²) in [7, 11) is 6.92. The fourth-order valence-corrected chi connectivity index (χ4v) is 3.76. The van der Waals surface area contributed by atoms with Gasteiger partial charge in [0.2, 0.25) is 0 Å². The molecule has 0 fully saturated rings. The minimum Gasteiger partial charge on any atom is -0.299 e. The van der Waals surface area contributed by atoms with Gasteiger partial charge in [-0.15, -0.1) is 0 Å². The molecule has 0 unspecified atom stereocenters. The summed E-state index contributed by atoms with van der Waals surface area (Å²) in [5, 5.41) is 0.110. The second kappa shape index (κ2) is 7.27. The number of nitrogens with zero attached hydrogens (tertiary/aromatic N) is 2. The maximum Gasteiger partial charge on any atom is 0.144 e. The zero-order valence-corrected chi connectivity index (χ0v) is 19.6. The number of hydrogen-bond acceptors (Lipinski definition) is 1. The molecule has 0 radical (unpaired) electrons. The Morgan fingerprint density at radius 2 is 1.28 bits per heavy atom. The number of benzene rings is 2. The summed E-state index contributed by atoms with van der Waals surface area (Å²) in [6.45, 7) is 13.8. The van der Waals surface area contributed by atoms with Gasteiger partial charge < -0.3 is 0 Å². The van der Waals surface area contributed by atoms with Crippen LogP contribution in [-0.2, 0) is 15.9 Å². The van der Waals surface area contributed by atoms with Crippen LogP contribution in [-0.4, -0.2) is 33.1 Å². The highest BCUT2D eigenvalue weighted by Gasteiger charge is 2.30. The summed E-state index contributed by atoms with van der Waals surface area (Å²) in [6.07, 6.45) is 4.03. The second-order valence-electron chi connectivity index (χ2n) is 11.2. The number of rotatable bonds is 5. The van der Waals surface area contributed by atoms with Gasteiger partial charge in [-0.05, 0) is 32.6 Å². The van der Waals surface area contributed by atoms with E-state index in [0.29, 0.717) is 0 Å². The topological polar surface area (TPSA) is 17.8 Å². The summed E-state index contributed by atoms with van der Waals surface area (Å²) < 4.78 is 2.29. The number of imidazole rings is 1. The summed E-state index contributed by atoms with van der Waals surface area (Å²) in [5.41, 5.74) is 6.53. The van der Waals surface area contributed by atoms with E-state index in [1.807, 2.05) is 6.20 Å². The molecule has 0 bridgehead atoms. The number of aromatic nitrogens is 2. The third-order valence-electron chi connectivity index (χ3n) is 5.51. The molecule has 1 heterocycles. The first-order chi connectivity index (χ1) is 13.3. The molecule has 1 aromatic heterocycles. The molecule has 0 N–H and O–H groups in total. The van der Waals surface area contributed by atoms with Crippen LogP contribution in [0, 0.1) is 0 Å². The Morgan fingerprint density at radius 3 is 1.72 bits per heavy atom. The van der Waals surface area contributed by atoms with Crippen LogP contribution in [0.25, 0.3) is 17.1 Å². The van der Waals surface area contributed by atoms with Crippen LogP contribution < -0.4 is 0 Å². The maximum atomic E-state index is 4.74. The molecule has 0 aliphatic heterocycles. The van der Waals surface area contributed by atoms with E-state index in [0.717, 1.165) is 11.4 Å². The molecular weight excluding hydrogens is 349 g/mol. The van der Waals surface area contributed by atoms with Crippen LogP contribution in [0.5, 0.6) is 0 Å². The predicted octanol–water partition coefficient (Wildman–Crippen LogP) is 3.14. The van der Waals surface area contributed by atoms with Gasteiger partial charge in [0, 0.05) is 18.0 Å². The Balaban J connectivity index is 2.42. The maximum absolute atomic E-state index is 4.74. The lowest BCUT2D eigenvalue weighted by atomic mass is 9.59. The SMILES string of the molecule is BC(C)(C)c1cc(C(B)(C)C)c(-n2ccnc2-c2ccccc2)c(C(B)(C)C)c1. The van der Waals surface area contributed by atoms with Crippen LogP contribution in [0.4, 0.5) is 0 Å². The standard InChI is InChI=1S/C24H33B3N2/c1-22(2,25)17-14-18(23(3,4)26)20(19(15-17)24(5,6)27)29-13-12-28-21(29)16-10-8-7-9-11-16/h7-15H,25-27H2,1-6H3. The Bertz CT molecular complexity index is 966. The van der Waals surface area contributed by atoms with Crippen molar-refractivity contribution in [2.45, 2.75) is 57.5 Å². The minimum absolute atomic E-state index is 0.00875. The lowest BCUT2D eigenvalue weighted by Crippen LogP contribution is -2.28. The quantitative estimate of drug-likeness (QED) is 0.621. The van der Waals surface area contributed by atoms with E-state index < -0.39 is 0 Å². The first-order valence-electron chi connectivity index (χ1n) is 10.6. The van der Waals surface area contributed by atoms with Gasteiger partial charge in [0.15, 0.2) is 0 Å². The van der Waals surface area contributed by atoms with Crippen molar-refractivity contribution in [3.63, 3.8) is 0 Å². The summed E-state index contributed by atoms with van der Waals surface area (Å²) in [4.78, 5) is 4.74. The van der Waals surface area contributed by atoms with E-state index in [4.69, 9.17) is 4.98 Å². The highest BCUT2D eigenvalue weighted by molar-refractivity contribution is 6.18. The Hall–Kier alpha value is -2.16. The molecule has 148 valence electrons. The smallest absolute Gasteiger partial charge is 0.144 e. The second-order valence-corrected chi connectivity index (χ2v) is 11.2. The van der Waals surface area contributed by atoms with Gasteiger partial charge in [0.1, 0.15) is 29.4 Å². The van der Waals surface area contributed by atoms with Crippen molar-refractivity contribution in [1.82, 2.24) is 9.55 Å².